The average molecular weight is 188 g/mol. The quantitative estimate of drug-likeness (QED) is 0.729. The first kappa shape index (κ1) is 9.01. The number of ether oxygens (including phenoxy) is 1. The van der Waals surface area contributed by atoms with E-state index in [1.165, 1.54) is 0 Å². The molecular formula is C11H12N2O. The first-order valence-corrected chi connectivity index (χ1v) is 4.89. The number of nitriles is 1. The molecule has 0 atom stereocenters. The van der Waals surface area contributed by atoms with Gasteiger partial charge in [-0.3, -0.25) is 4.98 Å². The summed E-state index contributed by atoms with van der Waals surface area (Å²) >= 11 is 0. The fraction of sp³-hybridized carbons (Fsp3) is 0.455. The topological polar surface area (TPSA) is 45.9 Å². The van der Waals surface area contributed by atoms with E-state index in [2.05, 4.69) is 11.1 Å². The van der Waals surface area contributed by atoms with Crippen LogP contribution in [-0.2, 0) is 6.42 Å². The highest BCUT2D eigenvalue weighted by molar-refractivity contribution is 5.45. The van der Waals surface area contributed by atoms with Crippen LogP contribution in [0.5, 0.6) is 5.75 Å². The van der Waals surface area contributed by atoms with E-state index in [0.717, 1.165) is 25.0 Å². The van der Waals surface area contributed by atoms with Crippen molar-refractivity contribution in [3.63, 3.8) is 0 Å². The van der Waals surface area contributed by atoms with Crippen LogP contribution in [0.2, 0.25) is 0 Å². The molecule has 0 N–H and O–H groups in total. The highest BCUT2D eigenvalue weighted by atomic mass is 16.5. The first-order chi connectivity index (χ1) is 6.85. The Morgan fingerprint density at radius 2 is 2.43 bits per heavy atom. The van der Waals surface area contributed by atoms with Gasteiger partial charge in [0.25, 0.3) is 0 Å². The van der Waals surface area contributed by atoms with E-state index in [-0.39, 0.29) is 0 Å². The van der Waals surface area contributed by atoms with Crippen LogP contribution in [0.25, 0.3) is 0 Å². The molecular weight excluding hydrogens is 176 g/mol. The lowest BCUT2D eigenvalue weighted by Gasteiger charge is -2.07. The van der Waals surface area contributed by atoms with Crippen LogP contribution in [0.3, 0.4) is 0 Å². The minimum absolute atomic E-state index is 0.328. The summed E-state index contributed by atoms with van der Waals surface area (Å²) in [4.78, 5) is 4.15. The van der Waals surface area contributed by atoms with Gasteiger partial charge in [-0.2, -0.15) is 5.26 Å². The van der Waals surface area contributed by atoms with Gasteiger partial charge in [0.05, 0.1) is 11.8 Å². The molecule has 0 aromatic carbocycles. The summed E-state index contributed by atoms with van der Waals surface area (Å²) in [5.41, 5.74) is 1.42. The number of hydrogen-bond donors (Lipinski definition) is 0. The summed E-state index contributed by atoms with van der Waals surface area (Å²) < 4.78 is 5.63. The largest absolute Gasteiger partial charge is 0.489 e. The summed E-state index contributed by atoms with van der Waals surface area (Å²) in [7, 11) is 0. The smallest absolute Gasteiger partial charge is 0.140 e. The third-order valence-corrected chi connectivity index (χ3v) is 2.26. The Morgan fingerprint density at radius 1 is 1.64 bits per heavy atom. The zero-order valence-electron chi connectivity index (χ0n) is 8.16. The molecule has 0 bridgehead atoms. The number of hydrogen-bond acceptors (Lipinski definition) is 3. The molecule has 1 aliphatic rings. The average Bonchev–Trinajstić information content (AvgIpc) is 3.01. The van der Waals surface area contributed by atoms with Gasteiger partial charge in [0, 0.05) is 6.20 Å². The van der Waals surface area contributed by atoms with Crippen LogP contribution in [0.15, 0.2) is 12.3 Å². The maximum Gasteiger partial charge on any atom is 0.140 e. The standard InChI is InChI=1S/C11H12N2O/c1-2-10-9(7-12)11(5-6-13-10)14-8-3-4-8/h5-6,8H,2-4H2,1H3. The highest BCUT2D eigenvalue weighted by Gasteiger charge is 2.25. The summed E-state index contributed by atoms with van der Waals surface area (Å²) in [6.07, 6.45) is 5.01. The molecule has 1 aliphatic carbocycles. The zero-order valence-corrected chi connectivity index (χ0v) is 8.16. The SMILES string of the molecule is CCc1nccc(OC2CC2)c1C#N. The van der Waals surface area contributed by atoms with Gasteiger partial charge >= 0.3 is 0 Å². The van der Waals surface area contributed by atoms with Crippen molar-refractivity contribution in [2.24, 2.45) is 0 Å². The Kier molecular flexibility index (Phi) is 2.36. The molecule has 1 fully saturated rings. The van der Waals surface area contributed by atoms with Gasteiger partial charge in [-0.15, -0.1) is 0 Å². The normalized spacial score (nSPS) is 14.9. The van der Waals surface area contributed by atoms with Crippen LogP contribution in [0.1, 0.15) is 31.0 Å². The predicted molar refractivity (Wildman–Crippen MR) is 52.0 cm³/mol. The second-order valence-electron chi connectivity index (χ2n) is 3.41. The highest BCUT2D eigenvalue weighted by Crippen LogP contribution is 2.29. The molecule has 0 unspecified atom stereocenters. The van der Waals surface area contributed by atoms with Crippen LogP contribution >= 0.6 is 0 Å². The first-order valence-electron chi connectivity index (χ1n) is 4.89. The Hall–Kier alpha value is -1.56. The van der Waals surface area contributed by atoms with E-state index in [9.17, 15) is 0 Å². The summed E-state index contributed by atoms with van der Waals surface area (Å²) in [5.74, 6) is 0.696. The molecule has 1 aromatic rings. The Balaban J connectivity index is 2.32. The second kappa shape index (κ2) is 3.67. The summed E-state index contributed by atoms with van der Waals surface area (Å²) in [6.45, 7) is 1.99. The molecule has 0 saturated heterocycles. The summed E-state index contributed by atoms with van der Waals surface area (Å²) in [5, 5.41) is 8.99. The predicted octanol–water partition coefficient (Wildman–Crippen LogP) is 2.06. The van der Waals surface area contributed by atoms with E-state index in [4.69, 9.17) is 10.00 Å². The van der Waals surface area contributed by atoms with Crippen molar-refractivity contribution in [3.05, 3.63) is 23.5 Å². The monoisotopic (exact) mass is 188 g/mol. The number of aromatic nitrogens is 1. The van der Waals surface area contributed by atoms with Crippen molar-refractivity contribution >= 4 is 0 Å². The van der Waals surface area contributed by atoms with Crippen LogP contribution in [-0.4, -0.2) is 11.1 Å². The maximum absolute atomic E-state index is 8.99. The van der Waals surface area contributed by atoms with Gasteiger partial charge in [0.15, 0.2) is 0 Å². The Labute approximate surface area is 83.3 Å². The van der Waals surface area contributed by atoms with Crippen molar-refractivity contribution < 1.29 is 4.74 Å². The molecule has 1 saturated carbocycles. The van der Waals surface area contributed by atoms with E-state index >= 15 is 0 Å². The number of rotatable bonds is 3. The molecule has 0 amide bonds. The number of nitrogens with zero attached hydrogens (tertiary/aromatic N) is 2. The van der Waals surface area contributed by atoms with Crippen LogP contribution in [0, 0.1) is 11.3 Å². The molecule has 1 aromatic heterocycles. The summed E-state index contributed by atoms with van der Waals surface area (Å²) in [6, 6.07) is 3.93. The van der Waals surface area contributed by atoms with Gasteiger partial charge in [-0.1, -0.05) is 6.92 Å². The van der Waals surface area contributed by atoms with Crippen molar-refractivity contribution in [2.45, 2.75) is 32.3 Å². The lowest BCUT2D eigenvalue weighted by Crippen LogP contribution is -2.01. The molecule has 1 heterocycles. The minimum Gasteiger partial charge on any atom is -0.489 e. The Morgan fingerprint density at radius 3 is 3.00 bits per heavy atom. The number of aryl methyl sites for hydroxylation is 1. The maximum atomic E-state index is 8.99. The van der Waals surface area contributed by atoms with Crippen LogP contribution < -0.4 is 4.74 Å². The lowest BCUT2D eigenvalue weighted by atomic mass is 10.1. The van der Waals surface area contributed by atoms with Crippen molar-refractivity contribution in [2.75, 3.05) is 0 Å². The third-order valence-electron chi connectivity index (χ3n) is 2.26. The second-order valence-corrected chi connectivity index (χ2v) is 3.41. The Bertz CT molecular complexity index is 377. The fourth-order valence-corrected chi connectivity index (χ4v) is 1.34. The van der Waals surface area contributed by atoms with Gasteiger partial charge in [-0.05, 0) is 25.3 Å². The molecule has 0 spiro atoms. The van der Waals surface area contributed by atoms with Crippen molar-refractivity contribution in [3.8, 4) is 11.8 Å². The van der Waals surface area contributed by atoms with Gasteiger partial charge < -0.3 is 4.74 Å². The van der Waals surface area contributed by atoms with E-state index in [1.807, 2.05) is 6.92 Å². The van der Waals surface area contributed by atoms with Crippen molar-refractivity contribution in [1.29, 1.82) is 5.26 Å². The molecule has 3 heteroatoms. The van der Waals surface area contributed by atoms with Crippen LogP contribution in [0.4, 0.5) is 0 Å². The third kappa shape index (κ3) is 1.69. The zero-order chi connectivity index (χ0) is 9.97. The lowest BCUT2D eigenvalue weighted by molar-refractivity contribution is 0.301. The van der Waals surface area contributed by atoms with E-state index in [1.54, 1.807) is 12.3 Å². The van der Waals surface area contributed by atoms with Gasteiger partial charge in [0.2, 0.25) is 0 Å². The van der Waals surface area contributed by atoms with Gasteiger partial charge in [0.1, 0.15) is 17.4 Å². The molecule has 0 radical (unpaired) electrons. The number of pyridine rings is 1. The van der Waals surface area contributed by atoms with E-state index in [0.29, 0.717) is 17.4 Å². The molecule has 72 valence electrons. The molecule has 14 heavy (non-hydrogen) atoms. The minimum atomic E-state index is 0.328. The molecule has 0 aliphatic heterocycles. The van der Waals surface area contributed by atoms with Crippen molar-refractivity contribution in [1.82, 2.24) is 4.98 Å². The molecule has 3 nitrogen and oxygen atoms in total. The van der Waals surface area contributed by atoms with Gasteiger partial charge in [-0.25, -0.2) is 0 Å². The fourth-order valence-electron chi connectivity index (χ4n) is 1.34. The molecule has 2 rings (SSSR count). The van der Waals surface area contributed by atoms with E-state index < -0.39 is 0 Å².